The van der Waals surface area contributed by atoms with E-state index in [2.05, 4.69) is 20.2 Å². The average molecular weight is 249 g/mol. The number of carbonyl (C=O) groups excluding carboxylic acids is 1. The van der Waals surface area contributed by atoms with Crippen molar-refractivity contribution in [2.75, 3.05) is 25.0 Å². The Morgan fingerprint density at radius 2 is 2.17 bits per heavy atom. The van der Waals surface area contributed by atoms with Crippen molar-refractivity contribution in [1.82, 2.24) is 15.3 Å². The fourth-order valence-electron chi connectivity index (χ4n) is 2.11. The zero-order chi connectivity index (χ0) is 13.3. The molecule has 0 unspecified atom stereocenters. The lowest BCUT2D eigenvalue weighted by atomic mass is 10.2. The maximum Gasteiger partial charge on any atom is 0.288 e. The van der Waals surface area contributed by atoms with Gasteiger partial charge in [-0.15, -0.1) is 0 Å². The van der Waals surface area contributed by atoms with Gasteiger partial charge >= 0.3 is 0 Å². The van der Waals surface area contributed by atoms with Gasteiger partial charge in [0, 0.05) is 37.4 Å². The van der Waals surface area contributed by atoms with E-state index in [1.54, 1.807) is 7.05 Å². The number of nitrogens with two attached hydrogens (primary N) is 1. The van der Waals surface area contributed by atoms with Crippen LogP contribution >= 0.6 is 0 Å². The van der Waals surface area contributed by atoms with Crippen molar-refractivity contribution in [2.24, 2.45) is 5.73 Å². The second kappa shape index (κ2) is 4.89. The molecule has 18 heavy (non-hydrogen) atoms. The summed E-state index contributed by atoms with van der Waals surface area (Å²) in [5, 5.41) is 2.55. The van der Waals surface area contributed by atoms with E-state index in [9.17, 15) is 4.79 Å². The molecular weight excluding hydrogens is 230 g/mol. The lowest BCUT2D eigenvalue weighted by molar-refractivity contribution is 0.0952. The molecule has 2 heterocycles. The summed E-state index contributed by atoms with van der Waals surface area (Å²) in [6, 6.07) is 0.183. The minimum Gasteiger partial charge on any atom is -0.355 e. The van der Waals surface area contributed by atoms with Crippen LogP contribution in [0, 0.1) is 13.8 Å². The zero-order valence-electron chi connectivity index (χ0n) is 11.0. The Morgan fingerprint density at radius 3 is 2.72 bits per heavy atom. The molecule has 1 amide bonds. The van der Waals surface area contributed by atoms with Crippen molar-refractivity contribution in [3.8, 4) is 0 Å². The molecular formula is C12H19N5O. The van der Waals surface area contributed by atoms with Crippen LogP contribution in [0.3, 0.4) is 0 Å². The van der Waals surface area contributed by atoms with Crippen LogP contribution in [0.5, 0.6) is 0 Å². The number of rotatable bonds is 2. The van der Waals surface area contributed by atoms with Gasteiger partial charge in [-0.2, -0.15) is 0 Å². The fraction of sp³-hybridized carbons (Fsp3) is 0.583. The van der Waals surface area contributed by atoms with Crippen LogP contribution in [0.2, 0.25) is 0 Å². The van der Waals surface area contributed by atoms with Gasteiger partial charge in [0.1, 0.15) is 5.82 Å². The normalized spacial score (nSPS) is 19.1. The quantitative estimate of drug-likeness (QED) is 0.770. The molecule has 6 heteroatoms. The van der Waals surface area contributed by atoms with Crippen LogP contribution in [0.4, 0.5) is 5.82 Å². The van der Waals surface area contributed by atoms with Gasteiger partial charge in [-0.25, -0.2) is 9.97 Å². The molecule has 1 fully saturated rings. The number of aryl methyl sites for hydroxylation is 1. The Kier molecular flexibility index (Phi) is 3.47. The monoisotopic (exact) mass is 249 g/mol. The maximum absolute atomic E-state index is 11.6. The predicted molar refractivity (Wildman–Crippen MR) is 69.7 cm³/mol. The molecule has 0 bridgehead atoms. The SMILES string of the molecule is CNC(=O)c1nc(C)c(C)c(N2CC[C@@H](N)C2)n1. The van der Waals surface area contributed by atoms with Crippen molar-refractivity contribution < 1.29 is 4.79 Å². The molecule has 1 atom stereocenters. The van der Waals surface area contributed by atoms with Crippen LogP contribution in [0.15, 0.2) is 0 Å². The highest BCUT2D eigenvalue weighted by Gasteiger charge is 2.24. The summed E-state index contributed by atoms with van der Waals surface area (Å²) in [4.78, 5) is 22.3. The highest BCUT2D eigenvalue weighted by Crippen LogP contribution is 2.23. The number of nitrogens with zero attached hydrogens (tertiary/aromatic N) is 3. The van der Waals surface area contributed by atoms with E-state index >= 15 is 0 Å². The predicted octanol–water partition coefficient (Wildman–Crippen LogP) is -0.00956. The number of hydrogen-bond acceptors (Lipinski definition) is 5. The molecule has 0 aromatic carbocycles. The van der Waals surface area contributed by atoms with Gasteiger partial charge in [-0.1, -0.05) is 0 Å². The number of hydrogen-bond donors (Lipinski definition) is 2. The van der Waals surface area contributed by atoms with E-state index < -0.39 is 0 Å². The summed E-state index contributed by atoms with van der Waals surface area (Å²) in [5.74, 6) is 0.785. The molecule has 0 spiro atoms. The minimum absolute atomic E-state index is 0.183. The third-order valence-electron chi connectivity index (χ3n) is 3.32. The molecule has 1 aromatic rings. The van der Waals surface area contributed by atoms with Gasteiger partial charge < -0.3 is 16.0 Å². The third kappa shape index (κ3) is 2.28. The fourth-order valence-corrected chi connectivity index (χ4v) is 2.11. The minimum atomic E-state index is -0.261. The third-order valence-corrected chi connectivity index (χ3v) is 3.32. The first-order valence-electron chi connectivity index (χ1n) is 6.10. The second-order valence-corrected chi connectivity index (χ2v) is 4.66. The lowest BCUT2D eigenvalue weighted by Gasteiger charge is -2.20. The summed E-state index contributed by atoms with van der Waals surface area (Å²) in [5.41, 5.74) is 7.75. The lowest BCUT2D eigenvalue weighted by Crippen LogP contribution is -2.29. The Morgan fingerprint density at radius 1 is 1.44 bits per heavy atom. The Bertz CT molecular complexity index is 474. The van der Waals surface area contributed by atoms with Crippen molar-refractivity contribution in [2.45, 2.75) is 26.3 Å². The van der Waals surface area contributed by atoms with E-state index in [0.29, 0.717) is 0 Å². The van der Waals surface area contributed by atoms with Crippen molar-refractivity contribution >= 4 is 11.7 Å². The van der Waals surface area contributed by atoms with E-state index in [1.807, 2.05) is 13.8 Å². The van der Waals surface area contributed by atoms with Crippen molar-refractivity contribution in [3.05, 3.63) is 17.1 Å². The van der Waals surface area contributed by atoms with Crippen LogP contribution in [0.1, 0.15) is 28.3 Å². The summed E-state index contributed by atoms with van der Waals surface area (Å²) in [7, 11) is 1.58. The highest BCUT2D eigenvalue weighted by atomic mass is 16.2. The molecule has 0 aliphatic carbocycles. The first-order chi connectivity index (χ1) is 8.52. The molecule has 0 radical (unpaired) electrons. The highest BCUT2D eigenvalue weighted by molar-refractivity contribution is 5.90. The number of amides is 1. The number of nitrogens with one attached hydrogen (secondary N) is 1. The molecule has 0 saturated carbocycles. The zero-order valence-corrected chi connectivity index (χ0v) is 11.0. The standard InChI is InChI=1S/C12H19N5O/c1-7-8(2)15-10(12(18)14-3)16-11(7)17-5-4-9(13)6-17/h9H,4-6,13H2,1-3H3,(H,14,18)/t9-/m1/s1. The first-order valence-corrected chi connectivity index (χ1v) is 6.10. The molecule has 1 aliphatic rings. The Balaban J connectivity index is 2.39. The van der Waals surface area contributed by atoms with E-state index in [4.69, 9.17) is 5.73 Å². The molecule has 2 rings (SSSR count). The first kappa shape index (κ1) is 12.8. The van der Waals surface area contributed by atoms with E-state index in [-0.39, 0.29) is 17.8 Å². The van der Waals surface area contributed by atoms with Crippen LogP contribution in [0.25, 0.3) is 0 Å². The molecule has 6 nitrogen and oxygen atoms in total. The Labute approximate surface area is 107 Å². The van der Waals surface area contributed by atoms with Gasteiger partial charge in [-0.3, -0.25) is 4.79 Å². The summed E-state index contributed by atoms with van der Waals surface area (Å²) >= 11 is 0. The maximum atomic E-state index is 11.6. The van der Waals surface area contributed by atoms with Gasteiger partial charge in [0.15, 0.2) is 0 Å². The van der Waals surface area contributed by atoms with Gasteiger partial charge in [0.25, 0.3) is 5.91 Å². The van der Waals surface area contributed by atoms with Gasteiger partial charge in [0.05, 0.1) is 0 Å². The van der Waals surface area contributed by atoms with Crippen molar-refractivity contribution in [1.29, 1.82) is 0 Å². The molecule has 98 valence electrons. The van der Waals surface area contributed by atoms with Crippen LogP contribution < -0.4 is 16.0 Å². The number of aromatic nitrogens is 2. The van der Waals surface area contributed by atoms with E-state index in [0.717, 1.165) is 36.6 Å². The molecule has 1 aliphatic heterocycles. The smallest absolute Gasteiger partial charge is 0.288 e. The summed E-state index contributed by atoms with van der Waals surface area (Å²) in [6.45, 7) is 5.53. The summed E-state index contributed by atoms with van der Waals surface area (Å²) in [6.07, 6.45) is 0.956. The Hall–Kier alpha value is -1.69. The second-order valence-electron chi connectivity index (χ2n) is 4.66. The van der Waals surface area contributed by atoms with Crippen molar-refractivity contribution in [3.63, 3.8) is 0 Å². The van der Waals surface area contributed by atoms with Gasteiger partial charge in [-0.05, 0) is 20.3 Å². The van der Waals surface area contributed by atoms with Gasteiger partial charge in [0.2, 0.25) is 5.82 Å². The van der Waals surface area contributed by atoms with E-state index in [1.165, 1.54) is 0 Å². The molecule has 3 N–H and O–H groups in total. The number of anilines is 1. The molecule has 1 aromatic heterocycles. The largest absolute Gasteiger partial charge is 0.355 e. The number of carbonyl (C=O) groups is 1. The average Bonchev–Trinajstić information content (AvgIpc) is 2.78. The van der Waals surface area contributed by atoms with Crippen LogP contribution in [-0.4, -0.2) is 42.1 Å². The summed E-state index contributed by atoms with van der Waals surface area (Å²) < 4.78 is 0. The van der Waals surface area contributed by atoms with Crippen LogP contribution in [-0.2, 0) is 0 Å². The topological polar surface area (TPSA) is 84.1 Å². The molecule has 1 saturated heterocycles.